The van der Waals surface area contributed by atoms with E-state index < -0.39 is 11.6 Å². The Labute approximate surface area is 186 Å². The fraction of sp³-hybridized carbons (Fsp3) is 0.769. The first-order chi connectivity index (χ1) is 15.1. The molecule has 1 saturated heterocycles. The Bertz CT molecular complexity index is 650. The molecule has 3 nitrogen and oxygen atoms in total. The zero-order valence-corrected chi connectivity index (χ0v) is 19.3. The third kappa shape index (κ3) is 7.06. The average Bonchev–Trinajstić information content (AvgIpc) is 2.80. The van der Waals surface area contributed by atoms with Crippen LogP contribution in [0.25, 0.3) is 0 Å². The highest BCUT2D eigenvalue weighted by molar-refractivity contribution is 5.35. The van der Waals surface area contributed by atoms with Crippen molar-refractivity contribution < 1.29 is 23.0 Å². The minimum Gasteiger partial charge on any atom is -0.490 e. The molecular weight excluding hydrogens is 398 g/mol. The summed E-state index contributed by atoms with van der Waals surface area (Å²) in [7, 11) is 0. The maximum Gasteiger partial charge on any atom is 0.204 e. The number of unbranched alkanes of at least 4 members (excludes halogenated alkanes) is 2. The maximum absolute atomic E-state index is 14.3. The summed E-state index contributed by atoms with van der Waals surface area (Å²) in [6.07, 6.45) is 13.3. The van der Waals surface area contributed by atoms with Crippen LogP contribution in [0.3, 0.4) is 0 Å². The third-order valence-electron chi connectivity index (χ3n) is 7.04. The molecule has 0 radical (unpaired) electrons. The highest BCUT2D eigenvalue weighted by Gasteiger charge is 2.31. The van der Waals surface area contributed by atoms with Gasteiger partial charge in [0.05, 0.1) is 25.9 Å². The summed E-state index contributed by atoms with van der Waals surface area (Å²) in [5.74, 6) is -0.146. The van der Waals surface area contributed by atoms with Gasteiger partial charge in [-0.3, -0.25) is 0 Å². The van der Waals surface area contributed by atoms with E-state index in [-0.39, 0.29) is 11.5 Å². The molecule has 176 valence electrons. The first-order valence-electron chi connectivity index (χ1n) is 12.5. The van der Waals surface area contributed by atoms with Crippen LogP contribution < -0.4 is 9.47 Å². The number of ether oxygens (including phenoxy) is 3. The maximum atomic E-state index is 14.3. The first kappa shape index (κ1) is 24.3. The molecule has 3 rings (SSSR count). The zero-order valence-electron chi connectivity index (χ0n) is 19.3. The Morgan fingerprint density at radius 3 is 2.13 bits per heavy atom. The SMILES string of the molecule is CCCCCC1CCC(C2CCC(COc3ccc(OCCC)c(F)c3F)CC2)CO1. The molecule has 2 fully saturated rings. The van der Waals surface area contributed by atoms with E-state index in [9.17, 15) is 8.78 Å². The van der Waals surface area contributed by atoms with Crippen molar-refractivity contribution in [3.63, 3.8) is 0 Å². The second-order valence-electron chi connectivity index (χ2n) is 9.42. The first-order valence-corrected chi connectivity index (χ1v) is 12.5. The van der Waals surface area contributed by atoms with Gasteiger partial charge in [-0.1, -0.05) is 33.1 Å². The van der Waals surface area contributed by atoms with Crippen LogP contribution in [0.5, 0.6) is 11.5 Å². The van der Waals surface area contributed by atoms with Gasteiger partial charge in [-0.25, -0.2) is 0 Å². The summed E-state index contributed by atoms with van der Waals surface area (Å²) in [5, 5.41) is 0. The molecule has 31 heavy (non-hydrogen) atoms. The monoisotopic (exact) mass is 438 g/mol. The van der Waals surface area contributed by atoms with Gasteiger partial charge in [0.1, 0.15) is 0 Å². The van der Waals surface area contributed by atoms with Crippen LogP contribution >= 0.6 is 0 Å². The molecule has 0 aromatic heterocycles. The van der Waals surface area contributed by atoms with Crippen molar-refractivity contribution >= 4 is 0 Å². The summed E-state index contributed by atoms with van der Waals surface area (Å²) < 4.78 is 45.5. The lowest BCUT2D eigenvalue weighted by atomic mass is 9.74. The normalized spacial score (nSPS) is 26.6. The van der Waals surface area contributed by atoms with Gasteiger partial charge in [0.15, 0.2) is 11.5 Å². The van der Waals surface area contributed by atoms with Crippen LogP contribution in [0.1, 0.15) is 84.5 Å². The molecule has 1 aromatic rings. The summed E-state index contributed by atoms with van der Waals surface area (Å²) in [5.41, 5.74) is 0. The van der Waals surface area contributed by atoms with Gasteiger partial charge in [0.25, 0.3) is 0 Å². The quantitative estimate of drug-likeness (QED) is 0.339. The molecule has 2 atom stereocenters. The van der Waals surface area contributed by atoms with E-state index in [1.54, 1.807) is 0 Å². The Balaban J connectivity index is 1.38. The number of benzene rings is 1. The molecule has 0 bridgehead atoms. The van der Waals surface area contributed by atoms with Crippen molar-refractivity contribution in [3.8, 4) is 11.5 Å². The molecule has 1 heterocycles. The summed E-state index contributed by atoms with van der Waals surface area (Å²) in [4.78, 5) is 0. The predicted molar refractivity (Wildman–Crippen MR) is 120 cm³/mol. The molecular formula is C26H40F2O3. The van der Waals surface area contributed by atoms with E-state index in [1.165, 1.54) is 63.5 Å². The molecule has 1 aliphatic heterocycles. The summed E-state index contributed by atoms with van der Waals surface area (Å²) >= 11 is 0. The highest BCUT2D eigenvalue weighted by atomic mass is 19.2. The molecule has 1 saturated carbocycles. The summed E-state index contributed by atoms with van der Waals surface area (Å²) in [6, 6.07) is 2.93. The number of hydrogen-bond acceptors (Lipinski definition) is 3. The topological polar surface area (TPSA) is 27.7 Å². The van der Waals surface area contributed by atoms with Crippen LogP contribution in [-0.2, 0) is 4.74 Å². The number of rotatable bonds is 11. The van der Waals surface area contributed by atoms with Gasteiger partial charge in [-0.05, 0) is 81.3 Å². The third-order valence-corrected chi connectivity index (χ3v) is 7.04. The lowest BCUT2D eigenvalue weighted by Gasteiger charge is -2.37. The van der Waals surface area contributed by atoms with E-state index in [2.05, 4.69) is 6.92 Å². The molecule has 0 N–H and O–H groups in total. The summed E-state index contributed by atoms with van der Waals surface area (Å²) in [6.45, 7) is 5.89. The number of hydrogen-bond donors (Lipinski definition) is 0. The standard InChI is InChI=1S/C26H40F2O3/c1-3-5-6-7-22-13-12-21(18-30-22)20-10-8-19(9-11-20)17-31-24-15-14-23(29-16-4-2)25(27)26(24)28/h14-15,19-22H,3-13,16-18H2,1-2H3. The van der Waals surface area contributed by atoms with Crippen LogP contribution in [0, 0.1) is 29.4 Å². The smallest absolute Gasteiger partial charge is 0.204 e. The number of halogens is 2. The zero-order chi connectivity index (χ0) is 22.1. The lowest BCUT2D eigenvalue weighted by molar-refractivity contribution is -0.0434. The average molecular weight is 439 g/mol. The molecule has 2 aliphatic rings. The molecule has 5 heteroatoms. The van der Waals surface area contributed by atoms with Crippen molar-refractivity contribution in [1.29, 1.82) is 0 Å². The Morgan fingerprint density at radius 2 is 1.52 bits per heavy atom. The van der Waals surface area contributed by atoms with Crippen LogP contribution in [0.4, 0.5) is 8.78 Å². The van der Waals surface area contributed by atoms with Crippen LogP contribution in [0.2, 0.25) is 0 Å². The molecule has 2 unspecified atom stereocenters. The van der Waals surface area contributed by atoms with Crippen LogP contribution in [0.15, 0.2) is 12.1 Å². The van der Waals surface area contributed by atoms with Crippen molar-refractivity contribution in [1.82, 2.24) is 0 Å². The van der Waals surface area contributed by atoms with Gasteiger partial charge in [-0.15, -0.1) is 0 Å². The molecule has 1 aromatic carbocycles. The fourth-order valence-electron chi connectivity index (χ4n) is 5.03. The predicted octanol–water partition coefficient (Wildman–Crippen LogP) is 7.31. The second-order valence-corrected chi connectivity index (χ2v) is 9.42. The molecule has 1 aliphatic carbocycles. The van der Waals surface area contributed by atoms with Crippen molar-refractivity contribution in [2.24, 2.45) is 17.8 Å². The van der Waals surface area contributed by atoms with Crippen molar-refractivity contribution in [3.05, 3.63) is 23.8 Å². The second kappa shape index (κ2) is 12.6. The molecule has 0 spiro atoms. The van der Waals surface area contributed by atoms with E-state index in [0.29, 0.717) is 31.2 Å². The van der Waals surface area contributed by atoms with Gasteiger partial charge >= 0.3 is 0 Å². The fourth-order valence-corrected chi connectivity index (χ4v) is 5.03. The van der Waals surface area contributed by atoms with Gasteiger partial charge in [0, 0.05) is 0 Å². The van der Waals surface area contributed by atoms with E-state index >= 15 is 0 Å². The minimum atomic E-state index is -0.958. The van der Waals surface area contributed by atoms with Crippen molar-refractivity contribution in [2.75, 3.05) is 19.8 Å². The van der Waals surface area contributed by atoms with E-state index in [0.717, 1.165) is 31.8 Å². The van der Waals surface area contributed by atoms with Crippen molar-refractivity contribution in [2.45, 2.75) is 90.6 Å². The van der Waals surface area contributed by atoms with E-state index in [4.69, 9.17) is 14.2 Å². The highest BCUT2D eigenvalue weighted by Crippen LogP contribution is 2.38. The van der Waals surface area contributed by atoms with Gasteiger partial charge in [-0.2, -0.15) is 8.78 Å². The lowest BCUT2D eigenvalue weighted by Crippen LogP contribution is -2.33. The Hall–Kier alpha value is -1.36. The Kier molecular flexibility index (Phi) is 9.89. The minimum absolute atomic E-state index is 0.0155. The Morgan fingerprint density at radius 1 is 0.839 bits per heavy atom. The van der Waals surface area contributed by atoms with Crippen LogP contribution in [-0.4, -0.2) is 25.9 Å². The van der Waals surface area contributed by atoms with Gasteiger partial charge in [0.2, 0.25) is 11.6 Å². The largest absolute Gasteiger partial charge is 0.490 e. The van der Waals surface area contributed by atoms with Gasteiger partial charge < -0.3 is 14.2 Å². The molecule has 0 amide bonds. The van der Waals surface area contributed by atoms with E-state index in [1.807, 2.05) is 6.92 Å².